The van der Waals surface area contributed by atoms with Crippen LogP contribution in [-0.4, -0.2) is 15.4 Å². The highest BCUT2D eigenvalue weighted by atomic mass is 16.3. The average molecular weight is 205 g/mol. The highest BCUT2D eigenvalue weighted by Crippen LogP contribution is 2.27. The van der Waals surface area contributed by atoms with E-state index in [0.29, 0.717) is 5.70 Å². The van der Waals surface area contributed by atoms with E-state index < -0.39 is 5.72 Å². The lowest BCUT2D eigenvalue weighted by Crippen LogP contribution is -2.40. The van der Waals surface area contributed by atoms with Crippen molar-refractivity contribution >= 4 is 5.57 Å². The van der Waals surface area contributed by atoms with Crippen molar-refractivity contribution < 1.29 is 5.11 Å². The Morgan fingerprint density at radius 3 is 2.80 bits per heavy atom. The summed E-state index contributed by atoms with van der Waals surface area (Å²) in [6.45, 7) is 0. The van der Waals surface area contributed by atoms with Crippen LogP contribution in [0.1, 0.15) is 12.1 Å². The van der Waals surface area contributed by atoms with E-state index in [1.54, 1.807) is 12.2 Å². The average Bonchev–Trinajstić information content (AvgIpc) is 2.50. The number of aliphatic hydroxyl groups is 1. The topological polar surface area (TPSA) is 77.2 Å². The minimum atomic E-state index is -1.31. The van der Waals surface area contributed by atoms with E-state index >= 15 is 0 Å². The van der Waals surface area contributed by atoms with E-state index in [9.17, 15) is 5.11 Å². The molecule has 0 fully saturated rings. The number of allylic oxidation sites excluding steroid dienone is 2. The molecule has 5 N–H and O–H groups in total. The third kappa shape index (κ3) is 1.82. The highest BCUT2D eigenvalue weighted by molar-refractivity contribution is 5.76. The minimum Gasteiger partial charge on any atom is -0.401 e. The molecule has 15 heavy (non-hydrogen) atoms. The summed E-state index contributed by atoms with van der Waals surface area (Å²) in [4.78, 5) is 0. The van der Waals surface area contributed by atoms with Crippen molar-refractivity contribution in [3.05, 3.63) is 41.9 Å². The zero-order chi connectivity index (χ0) is 11.1. The standard InChI is InChI=1S/C11H15N3O/c1-14-6-2-3-10(14)8-4-5-11(13,15)7-9(8)12/h2-6,15H,7,12-13H2,1H3. The van der Waals surface area contributed by atoms with Crippen molar-refractivity contribution in [3.8, 4) is 0 Å². The fourth-order valence-corrected chi connectivity index (χ4v) is 1.78. The van der Waals surface area contributed by atoms with Gasteiger partial charge in [0.25, 0.3) is 0 Å². The minimum absolute atomic E-state index is 0.268. The first kappa shape index (κ1) is 10.0. The van der Waals surface area contributed by atoms with Gasteiger partial charge in [0.2, 0.25) is 0 Å². The summed E-state index contributed by atoms with van der Waals surface area (Å²) in [5, 5.41) is 9.60. The molecule has 1 heterocycles. The molecule has 1 aliphatic rings. The number of aryl methyl sites for hydroxylation is 1. The number of hydrogen-bond acceptors (Lipinski definition) is 3. The maximum atomic E-state index is 9.60. The first-order chi connectivity index (χ1) is 6.99. The summed E-state index contributed by atoms with van der Waals surface area (Å²) in [7, 11) is 1.95. The van der Waals surface area contributed by atoms with E-state index in [1.165, 1.54) is 0 Å². The van der Waals surface area contributed by atoms with Gasteiger partial charge < -0.3 is 15.4 Å². The molecular formula is C11H15N3O. The van der Waals surface area contributed by atoms with Gasteiger partial charge >= 0.3 is 0 Å². The molecule has 0 spiro atoms. The Morgan fingerprint density at radius 2 is 2.27 bits per heavy atom. The molecule has 1 aliphatic carbocycles. The van der Waals surface area contributed by atoms with Gasteiger partial charge in [0.1, 0.15) is 5.72 Å². The van der Waals surface area contributed by atoms with Gasteiger partial charge in [-0.15, -0.1) is 0 Å². The summed E-state index contributed by atoms with van der Waals surface area (Å²) >= 11 is 0. The van der Waals surface area contributed by atoms with E-state index in [0.717, 1.165) is 11.3 Å². The Kier molecular flexibility index (Phi) is 2.17. The van der Waals surface area contributed by atoms with E-state index in [2.05, 4.69) is 0 Å². The predicted molar refractivity (Wildman–Crippen MR) is 59.4 cm³/mol. The fraction of sp³-hybridized carbons (Fsp3) is 0.273. The number of hydrogen-bond donors (Lipinski definition) is 3. The van der Waals surface area contributed by atoms with Gasteiger partial charge in [0, 0.05) is 36.6 Å². The van der Waals surface area contributed by atoms with Crippen LogP contribution in [0.4, 0.5) is 0 Å². The van der Waals surface area contributed by atoms with E-state index in [4.69, 9.17) is 11.5 Å². The van der Waals surface area contributed by atoms with Crippen molar-refractivity contribution in [2.45, 2.75) is 12.1 Å². The van der Waals surface area contributed by atoms with Gasteiger partial charge in [-0.3, -0.25) is 5.73 Å². The fourth-order valence-electron chi connectivity index (χ4n) is 1.78. The van der Waals surface area contributed by atoms with Crippen molar-refractivity contribution in [2.24, 2.45) is 18.5 Å². The molecule has 0 radical (unpaired) electrons. The van der Waals surface area contributed by atoms with E-state index in [1.807, 2.05) is 29.9 Å². The van der Waals surface area contributed by atoms with Crippen LogP contribution < -0.4 is 11.5 Å². The largest absolute Gasteiger partial charge is 0.401 e. The van der Waals surface area contributed by atoms with Gasteiger partial charge in [-0.25, -0.2) is 0 Å². The number of nitrogens with zero attached hydrogens (tertiary/aromatic N) is 1. The Bertz CT molecular complexity index is 440. The van der Waals surface area contributed by atoms with Crippen LogP contribution in [0, 0.1) is 0 Å². The van der Waals surface area contributed by atoms with Crippen LogP contribution in [0.15, 0.2) is 36.2 Å². The van der Waals surface area contributed by atoms with Crippen LogP contribution in [0.5, 0.6) is 0 Å². The van der Waals surface area contributed by atoms with E-state index in [-0.39, 0.29) is 6.42 Å². The molecule has 4 nitrogen and oxygen atoms in total. The zero-order valence-electron chi connectivity index (χ0n) is 8.64. The SMILES string of the molecule is Cn1cccc1C1=C(N)CC(N)(O)C=C1. The van der Waals surface area contributed by atoms with Crippen LogP contribution in [0.3, 0.4) is 0 Å². The molecule has 0 aliphatic heterocycles. The van der Waals surface area contributed by atoms with Crippen LogP contribution in [0.25, 0.3) is 5.57 Å². The molecular weight excluding hydrogens is 190 g/mol. The summed E-state index contributed by atoms with van der Waals surface area (Å²) in [6.07, 6.45) is 5.57. The van der Waals surface area contributed by atoms with Crippen LogP contribution >= 0.6 is 0 Å². The maximum absolute atomic E-state index is 9.60. The summed E-state index contributed by atoms with van der Waals surface area (Å²) < 4.78 is 1.98. The first-order valence-corrected chi connectivity index (χ1v) is 4.80. The smallest absolute Gasteiger partial charge is 0.138 e. The van der Waals surface area contributed by atoms with Crippen LogP contribution in [0.2, 0.25) is 0 Å². The Labute approximate surface area is 88.5 Å². The third-order valence-corrected chi connectivity index (χ3v) is 2.58. The molecule has 0 saturated heterocycles. The summed E-state index contributed by atoms with van der Waals surface area (Å²) in [5.74, 6) is 0. The van der Waals surface area contributed by atoms with Gasteiger partial charge in [0.15, 0.2) is 0 Å². The first-order valence-electron chi connectivity index (χ1n) is 4.80. The Balaban J connectivity index is 2.41. The lowest BCUT2D eigenvalue weighted by atomic mass is 9.95. The molecule has 0 bridgehead atoms. The normalized spacial score (nSPS) is 26.1. The van der Waals surface area contributed by atoms with Crippen LogP contribution in [-0.2, 0) is 7.05 Å². The summed E-state index contributed by atoms with van der Waals surface area (Å²) in [6, 6.07) is 3.93. The van der Waals surface area contributed by atoms with Gasteiger partial charge in [0.05, 0.1) is 0 Å². The number of nitrogens with two attached hydrogens (primary N) is 2. The monoisotopic (exact) mass is 205 g/mol. The Hall–Kier alpha value is -1.52. The number of rotatable bonds is 1. The molecule has 1 atom stereocenters. The lowest BCUT2D eigenvalue weighted by Gasteiger charge is -2.25. The van der Waals surface area contributed by atoms with Gasteiger partial charge in [-0.05, 0) is 18.2 Å². The molecule has 80 valence electrons. The molecule has 0 saturated carbocycles. The quantitative estimate of drug-likeness (QED) is 0.577. The number of aromatic nitrogens is 1. The van der Waals surface area contributed by atoms with Gasteiger partial charge in [-0.2, -0.15) is 0 Å². The Morgan fingerprint density at radius 1 is 1.53 bits per heavy atom. The molecule has 1 aromatic rings. The van der Waals surface area contributed by atoms with Crippen molar-refractivity contribution in [1.29, 1.82) is 0 Å². The van der Waals surface area contributed by atoms with Gasteiger partial charge in [-0.1, -0.05) is 6.08 Å². The highest BCUT2D eigenvalue weighted by Gasteiger charge is 2.24. The van der Waals surface area contributed by atoms with Crippen molar-refractivity contribution in [1.82, 2.24) is 4.57 Å². The molecule has 4 heteroatoms. The lowest BCUT2D eigenvalue weighted by molar-refractivity contribution is 0.0974. The maximum Gasteiger partial charge on any atom is 0.138 e. The second kappa shape index (κ2) is 3.25. The summed E-state index contributed by atoms with van der Waals surface area (Å²) in [5.41, 5.74) is 12.7. The molecule has 1 unspecified atom stereocenters. The molecule has 1 aromatic heterocycles. The molecule has 0 amide bonds. The van der Waals surface area contributed by atoms with Crippen molar-refractivity contribution in [2.75, 3.05) is 0 Å². The second-order valence-corrected chi connectivity index (χ2v) is 3.94. The second-order valence-electron chi connectivity index (χ2n) is 3.94. The molecule has 2 rings (SSSR count). The molecule has 0 aromatic carbocycles. The van der Waals surface area contributed by atoms with Crippen molar-refractivity contribution in [3.63, 3.8) is 0 Å². The predicted octanol–water partition coefficient (Wildman–Crippen LogP) is 0.302. The zero-order valence-corrected chi connectivity index (χ0v) is 8.64. The third-order valence-electron chi connectivity index (χ3n) is 2.58.